The third-order valence-electron chi connectivity index (χ3n) is 2.37. The van der Waals surface area contributed by atoms with Gasteiger partial charge in [0, 0.05) is 12.1 Å². The van der Waals surface area contributed by atoms with Gasteiger partial charge in [-0.05, 0) is 0 Å². The maximum atomic E-state index is 11.6. The number of benzene rings is 1. The first-order valence-corrected chi connectivity index (χ1v) is 5.63. The molecule has 5 heteroatoms. The van der Waals surface area contributed by atoms with E-state index in [0.29, 0.717) is 13.2 Å². The SMILES string of the molecule is C#CCOCCNC(=O)N1OC1c1ccccc1. The van der Waals surface area contributed by atoms with Crippen LogP contribution in [0.25, 0.3) is 0 Å². The van der Waals surface area contributed by atoms with Crippen LogP contribution in [0.2, 0.25) is 0 Å². The summed E-state index contributed by atoms with van der Waals surface area (Å²) in [7, 11) is 0. The Balaban J connectivity index is 1.69. The standard InChI is InChI=1S/C13H14N2O3/c1-2-9-17-10-8-14-13(16)15-12(18-15)11-6-4-3-5-7-11/h1,3-7,12H,8-10H2,(H,14,16). The fourth-order valence-corrected chi connectivity index (χ4v) is 1.49. The summed E-state index contributed by atoms with van der Waals surface area (Å²) in [6, 6.07) is 9.27. The molecule has 1 unspecified atom stereocenters. The Kier molecular flexibility index (Phi) is 4.18. The Hall–Kier alpha value is -2.03. The second kappa shape index (κ2) is 6.05. The number of hydrogen-bond acceptors (Lipinski definition) is 3. The Labute approximate surface area is 106 Å². The van der Waals surface area contributed by atoms with Crippen LogP contribution in [0.4, 0.5) is 4.79 Å². The van der Waals surface area contributed by atoms with Crippen molar-refractivity contribution in [2.75, 3.05) is 19.8 Å². The maximum absolute atomic E-state index is 11.6. The van der Waals surface area contributed by atoms with E-state index in [-0.39, 0.29) is 18.9 Å². The first-order valence-electron chi connectivity index (χ1n) is 5.63. The molecule has 0 aliphatic carbocycles. The van der Waals surface area contributed by atoms with Crippen LogP contribution in [-0.4, -0.2) is 30.9 Å². The molecule has 1 aromatic carbocycles. The van der Waals surface area contributed by atoms with Gasteiger partial charge in [-0.3, -0.25) is 0 Å². The number of carbonyl (C=O) groups excluding carboxylic acids is 1. The lowest BCUT2D eigenvalue weighted by molar-refractivity contribution is 0.155. The van der Waals surface area contributed by atoms with Gasteiger partial charge in [-0.25, -0.2) is 9.63 Å². The van der Waals surface area contributed by atoms with Gasteiger partial charge in [0.25, 0.3) is 0 Å². The van der Waals surface area contributed by atoms with Crippen molar-refractivity contribution in [1.29, 1.82) is 0 Å². The summed E-state index contributed by atoms with van der Waals surface area (Å²) in [5.74, 6) is 2.35. The molecule has 18 heavy (non-hydrogen) atoms. The first-order chi connectivity index (χ1) is 8.83. The summed E-state index contributed by atoms with van der Waals surface area (Å²) in [5.41, 5.74) is 0.955. The van der Waals surface area contributed by atoms with Crippen LogP contribution in [0, 0.1) is 12.3 Å². The van der Waals surface area contributed by atoms with Crippen molar-refractivity contribution in [2.24, 2.45) is 0 Å². The smallest absolute Gasteiger partial charge is 0.344 e. The minimum Gasteiger partial charge on any atom is -0.367 e. The van der Waals surface area contributed by atoms with Gasteiger partial charge in [0.2, 0.25) is 6.23 Å². The van der Waals surface area contributed by atoms with Gasteiger partial charge in [0.05, 0.1) is 6.61 Å². The van der Waals surface area contributed by atoms with Crippen molar-refractivity contribution < 1.29 is 14.4 Å². The molecule has 0 spiro atoms. The average molecular weight is 246 g/mol. The molecule has 5 nitrogen and oxygen atoms in total. The number of ether oxygens (including phenoxy) is 1. The molecule has 1 fully saturated rings. The summed E-state index contributed by atoms with van der Waals surface area (Å²) < 4.78 is 5.03. The van der Waals surface area contributed by atoms with Gasteiger partial charge >= 0.3 is 6.03 Å². The van der Waals surface area contributed by atoms with E-state index in [0.717, 1.165) is 5.56 Å². The highest BCUT2D eigenvalue weighted by atomic mass is 16.8. The molecule has 0 saturated carbocycles. The van der Waals surface area contributed by atoms with Crippen LogP contribution in [0.5, 0.6) is 0 Å². The van der Waals surface area contributed by atoms with Gasteiger partial charge in [-0.15, -0.1) is 6.42 Å². The van der Waals surface area contributed by atoms with Gasteiger partial charge in [-0.2, -0.15) is 5.06 Å². The highest BCUT2D eigenvalue weighted by Crippen LogP contribution is 2.36. The highest BCUT2D eigenvalue weighted by Gasteiger charge is 2.42. The van der Waals surface area contributed by atoms with Crippen molar-refractivity contribution in [2.45, 2.75) is 6.23 Å². The second-order valence-electron chi connectivity index (χ2n) is 3.68. The van der Waals surface area contributed by atoms with E-state index in [2.05, 4.69) is 11.2 Å². The van der Waals surface area contributed by atoms with Crippen molar-refractivity contribution >= 4 is 6.03 Å². The molecule has 1 N–H and O–H groups in total. The topological polar surface area (TPSA) is 53.9 Å². The van der Waals surface area contributed by atoms with Crippen LogP contribution >= 0.6 is 0 Å². The normalized spacial score (nSPS) is 17.1. The van der Waals surface area contributed by atoms with Crippen molar-refractivity contribution in [3.8, 4) is 12.3 Å². The third-order valence-corrected chi connectivity index (χ3v) is 2.37. The molecular weight excluding hydrogens is 232 g/mol. The molecule has 2 rings (SSSR count). The number of hydroxylamine groups is 2. The lowest BCUT2D eigenvalue weighted by Crippen LogP contribution is -2.31. The Morgan fingerprint density at radius 2 is 2.28 bits per heavy atom. The first kappa shape index (κ1) is 12.4. The predicted octanol–water partition coefficient (Wildman–Crippen LogP) is 1.29. The Morgan fingerprint density at radius 3 is 3.00 bits per heavy atom. The molecule has 1 saturated heterocycles. The summed E-state index contributed by atoms with van der Waals surface area (Å²) in [4.78, 5) is 16.8. The molecular formula is C13H14N2O3. The molecule has 1 atom stereocenters. The lowest BCUT2D eigenvalue weighted by Gasteiger charge is -2.03. The average Bonchev–Trinajstić information content (AvgIpc) is 3.20. The second-order valence-corrected chi connectivity index (χ2v) is 3.68. The van der Waals surface area contributed by atoms with Crippen LogP contribution < -0.4 is 5.32 Å². The molecule has 0 aromatic heterocycles. The van der Waals surface area contributed by atoms with Crippen LogP contribution in [0.15, 0.2) is 30.3 Å². The molecule has 94 valence electrons. The van der Waals surface area contributed by atoms with Gasteiger partial charge in [-0.1, -0.05) is 36.3 Å². The third kappa shape index (κ3) is 3.23. The molecule has 0 radical (unpaired) electrons. The minimum atomic E-state index is -0.280. The van der Waals surface area contributed by atoms with E-state index < -0.39 is 0 Å². The number of amides is 2. The number of nitrogens with one attached hydrogen (secondary N) is 1. The zero-order chi connectivity index (χ0) is 12.8. The number of hydrogen-bond donors (Lipinski definition) is 1. The minimum absolute atomic E-state index is 0.253. The summed E-state index contributed by atoms with van der Waals surface area (Å²) in [6.07, 6.45) is 4.74. The van der Waals surface area contributed by atoms with Gasteiger partial charge < -0.3 is 10.1 Å². The zero-order valence-corrected chi connectivity index (χ0v) is 9.83. The van der Waals surface area contributed by atoms with Crippen molar-refractivity contribution in [3.05, 3.63) is 35.9 Å². The molecule has 1 aliphatic heterocycles. The fraction of sp³-hybridized carbons (Fsp3) is 0.308. The number of nitrogens with zero attached hydrogens (tertiary/aromatic N) is 1. The highest BCUT2D eigenvalue weighted by molar-refractivity contribution is 5.74. The van der Waals surface area contributed by atoms with E-state index in [4.69, 9.17) is 16.0 Å². The molecule has 1 aliphatic rings. The summed E-state index contributed by atoms with van der Waals surface area (Å²) in [5, 5.41) is 3.96. The Morgan fingerprint density at radius 1 is 1.50 bits per heavy atom. The van der Waals surface area contributed by atoms with Crippen LogP contribution in [-0.2, 0) is 9.57 Å². The summed E-state index contributed by atoms with van der Waals surface area (Å²) >= 11 is 0. The van der Waals surface area contributed by atoms with E-state index in [1.165, 1.54) is 5.06 Å². The zero-order valence-electron chi connectivity index (χ0n) is 9.83. The lowest BCUT2D eigenvalue weighted by atomic mass is 10.2. The van der Waals surface area contributed by atoms with Gasteiger partial charge in [0.15, 0.2) is 0 Å². The van der Waals surface area contributed by atoms with E-state index in [1.54, 1.807) is 0 Å². The number of rotatable bonds is 5. The number of terminal acetylenes is 1. The molecule has 2 amide bonds. The predicted molar refractivity (Wildman–Crippen MR) is 65.2 cm³/mol. The number of carbonyl (C=O) groups is 1. The maximum Gasteiger partial charge on any atom is 0.344 e. The summed E-state index contributed by atoms with van der Waals surface area (Å²) in [6.45, 7) is 1.05. The van der Waals surface area contributed by atoms with E-state index >= 15 is 0 Å². The Bertz CT molecular complexity index is 441. The van der Waals surface area contributed by atoms with E-state index in [1.807, 2.05) is 30.3 Å². The van der Waals surface area contributed by atoms with Crippen LogP contribution in [0.3, 0.4) is 0 Å². The van der Waals surface area contributed by atoms with Crippen molar-refractivity contribution in [1.82, 2.24) is 10.4 Å². The quantitative estimate of drug-likeness (QED) is 0.484. The van der Waals surface area contributed by atoms with E-state index in [9.17, 15) is 4.79 Å². The monoisotopic (exact) mass is 246 g/mol. The van der Waals surface area contributed by atoms with Crippen molar-refractivity contribution in [3.63, 3.8) is 0 Å². The molecule has 1 aromatic rings. The van der Waals surface area contributed by atoms with Gasteiger partial charge in [0.1, 0.15) is 6.61 Å². The number of urea groups is 1. The molecule has 1 heterocycles. The van der Waals surface area contributed by atoms with Crippen LogP contribution in [0.1, 0.15) is 11.8 Å². The molecule has 0 bridgehead atoms. The fourth-order valence-electron chi connectivity index (χ4n) is 1.49. The largest absolute Gasteiger partial charge is 0.367 e.